The molecule has 0 N–H and O–H groups in total. The summed E-state index contributed by atoms with van der Waals surface area (Å²) in [5.74, 6) is 0.626. The van der Waals surface area contributed by atoms with E-state index in [0.29, 0.717) is 11.0 Å². The molecule has 4 nitrogen and oxygen atoms in total. The van der Waals surface area contributed by atoms with Crippen LogP contribution in [0.15, 0.2) is 24.4 Å². The summed E-state index contributed by atoms with van der Waals surface area (Å²) in [6.07, 6.45) is 1.60. The maximum atomic E-state index is 5.91. The lowest BCUT2D eigenvalue weighted by Crippen LogP contribution is -2.00. The van der Waals surface area contributed by atoms with Gasteiger partial charge in [0.1, 0.15) is 5.15 Å². The lowest BCUT2D eigenvalue weighted by molar-refractivity contribution is 0.804. The molecule has 0 atom stereocenters. The smallest absolute Gasteiger partial charge is 0.177 e. The van der Waals surface area contributed by atoms with Crippen molar-refractivity contribution < 1.29 is 0 Å². The van der Waals surface area contributed by atoms with Crippen LogP contribution in [0.2, 0.25) is 5.15 Å². The summed E-state index contributed by atoms with van der Waals surface area (Å²) in [7, 11) is 0. The fourth-order valence-electron chi connectivity index (χ4n) is 1.03. The topological polar surface area (TPSA) is 43.6 Å². The minimum Gasteiger partial charge on any atom is -0.202 e. The Labute approximate surface area is 80.2 Å². The van der Waals surface area contributed by atoms with Crippen molar-refractivity contribution in [3.05, 3.63) is 35.2 Å². The molecule has 2 heterocycles. The molecule has 0 bridgehead atoms. The van der Waals surface area contributed by atoms with Crippen molar-refractivity contribution in [2.45, 2.75) is 6.92 Å². The molecule has 0 radical (unpaired) electrons. The molecule has 2 rings (SSSR count). The molecule has 0 fully saturated rings. The highest BCUT2D eigenvalue weighted by molar-refractivity contribution is 6.29. The predicted molar refractivity (Wildman–Crippen MR) is 48.9 cm³/mol. The molecule has 5 heteroatoms. The van der Waals surface area contributed by atoms with E-state index in [0.717, 1.165) is 5.69 Å². The largest absolute Gasteiger partial charge is 0.202 e. The molecule has 13 heavy (non-hydrogen) atoms. The van der Waals surface area contributed by atoms with Crippen molar-refractivity contribution in [1.82, 2.24) is 20.0 Å². The fraction of sp³-hybridized carbons (Fsp3) is 0.125. The Kier molecular flexibility index (Phi) is 1.98. The van der Waals surface area contributed by atoms with E-state index in [4.69, 9.17) is 11.6 Å². The summed E-state index contributed by atoms with van der Waals surface area (Å²) < 4.78 is 1.55. The van der Waals surface area contributed by atoms with Crippen LogP contribution in [-0.2, 0) is 0 Å². The van der Waals surface area contributed by atoms with Crippen LogP contribution in [0.25, 0.3) is 5.82 Å². The van der Waals surface area contributed by atoms with Crippen LogP contribution in [-0.4, -0.2) is 20.0 Å². The van der Waals surface area contributed by atoms with Gasteiger partial charge in [0, 0.05) is 6.20 Å². The standard InChI is InChI=1S/C8H7ClN4/c1-6-5-7(9)13(12-6)8-3-2-4-10-11-8/h2-5H,1H3. The highest BCUT2D eigenvalue weighted by atomic mass is 35.5. The van der Waals surface area contributed by atoms with Crippen molar-refractivity contribution in [1.29, 1.82) is 0 Å². The van der Waals surface area contributed by atoms with E-state index in [2.05, 4.69) is 15.3 Å². The molecule has 0 spiro atoms. The van der Waals surface area contributed by atoms with Gasteiger partial charge in [0.05, 0.1) is 5.69 Å². The maximum Gasteiger partial charge on any atom is 0.177 e. The van der Waals surface area contributed by atoms with E-state index < -0.39 is 0 Å². The van der Waals surface area contributed by atoms with E-state index in [1.165, 1.54) is 0 Å². The summed E-state index contributed by atoms with van der Waals surface area (Å²) in [4.78, 5) is 0. The molecule has 0 amide bonds. The third kappa shape index (κ3) is 1.53. The number of halogens is 1. The number of aromatic nitrogens is 4. The van der Waals surface area contributed by atoms with E-state index in [1.54, 1.807) is 29.1 Å². The van der Waals surface area contributed by atoms with Crippen LogP contribution in [0.1, 0.15) is 5.69 Å². The third-order valence-electron chi connectivity index (χ3n) is 1.56. The second kappa shape index (κ2) is 3.14. The molecular formula is C8H7ClN4. The summed E-state index contributed by atoms with van der Waals surface area (Å²) in [5.41, 5.74) is 0.857. The monoisotopic (exact) mass is 194 g/mol. The van der Waals surface area contributed by atoms with Gasteiger partial charge in [0.2, 0.25) is 0 Å². The summed E-state index contributed by atoms with van der Waals surface area (Å²) in [6, 6.07) is 5.36. The van der Waals surface area contributed by atoms with Crippen molar-refractivity contribution in [3.63, 3.8) is 0 Å². The van der Waals surface area contributed by atoms with E-state index in [-0.39, 0.29) is 0 Å². The zero-order valence-electron chi connectivity index (χ0n) is 6.98. The highest BCUT2D eigenvalue weighted by Gasteiger charge is 2.05. The first-order valence-corrected chi connectivity index (χ1v) is 4.15. The van der Waals surface area contributed by atoms with Gasteiger partial charge in [-0.3, -0.25) is 0 Å². The normalized spacial score (nSPS) is 10.3. The quantitative estimate of drug-likeness (QED) is 0.693. The van der Waals surface area contributed by atoms with Crippen LogP contribution < -0.4 is 0 Å². The van der Waals surface area contributed by atoms with Gasteiger partial charge in [-0.25, -0.2) is 4.68 Å². The molecule has 0 unspecified atom stereocenters. The van der Waals surface area contributed by atoms with Gasteiger partial charge in [-0.2, -0.15) is 10.2 Å². The minimum absolute atomic E-state index is 0.540. The number of rotatable bonds is 1. The highest BCUT2D eigenvalue weighted by Crippen LogP contribution is 2.13. The average Bonchev–Trinajstić information content (AvgIpc) is 2.47. The maximum absolute atomic E-state index is 5.91. The number of hydrogen-bond donors (Lipinski definition) is 0. The Hall–Kier alpha value is -1.42. The SMILES string of the molecule is Cc1cc(Cl)n(-c2cccnn2)n1. The van der Waals surface area contributed by atoms with Gasteiger partial charge in [-0.05, 0) is 25.1 Å². The summed E-state index contributed by atoms with van der Waals surface area (Å²) in [6.45, 7) is 1.87. The van der Waals surface area contributed by atoms with E-state index >= 15 is 0 Å². The molecule has 0 aliphatic rings. The first-order valence-electron chi connectivity index (χ1n) is 3.77. The first kappa shape index (κ1) is 8.19. The zero-order valence-corrected chi connectivity index (χ0v) is 7.73. The molecule has 0 saturated carbocycles. The van der Waals surface area contributed by atoms with Gasteiger partial charge in [0.25, 0.3) is 0 Å². The average molecular weight is 195 g/mol. The van der Waals surface area contributed by atoms with Crippen LogP contribution in [0.5, 0.6) is 0 Å². The third-order valence-corrected chi connectivity index (χ3v) is 1.83. The Balaban J connectivity index is 2.53. The Bertz CT molecular complexity index is 409. The molecule has 0 aliphatic heterocycles. The Morgan fingerprint density at radius 1 is 1.46 bits per heavy atom. The van der Waals surface area contributed by atoms with Crippen LogP contribution >= 0.6 is 11.6 Å². The second-order valence-corrected chi connectivity index (χ2v) is 2.99. The number of hydrogen-bond acceptors (Lipinski definition) is 3. The molecular weight excluding hydrogens is 188 g/mol. The lowest BCUT2D eigenvalue weighted by atomic mass is 10.5. The Morgan fingerprint density at radius 3 is 2.85 bits per heavy atom. The number of nitrogens with zero attached hydrogens (tertiary/aromatic N) is 4. The second-order valence-electron chi connectivity index (χ2n) is 2.60. The van der Waals surface area contributed by atoms with Crippen LogP contribution in [0, 0.1) is 6.92 Å². The van der Waals surface area contributed by atoms with Gasteiger partial charge in [0.15, 0.2) is 5.82 Å². The first-order chi connectivity index (χ1) is 6.27. The van der Waals surface area contributed by atoms with Crippen LogP contribution in [0.4, 0.5) is 0 Å². The van der Waals surface area contributed by atoms with Gasteiger partial charge >= 0.3 is 0 Å². The Morgan fingerprint density at radius 2 is 2.31 bits per heavy atom. The van der Waals surface area contributed by atoms with Crippen molar-refractivity contribution in [3.8, 4) is 5.82 Å². The van der Waals surface area contributed by atoms with Crippen LogP contribution in [0.3, 0.4) is 0 Å². The van der Waals surface area contributed by atoms with Gasteiger partial charge in [-0.15, -0.1) is 5.10 Å². The molecule has 0 aromatic carbocycles. The summed E-state index contributed by atoms with van der Waals surface area (Å²) in [5, 5.41) is 12.3. The van der Waals surface area contributed by atoms with E-state index in [1.807, 2.05) is 6.92 Å². The van der Waals surface area contributed by atoms with Crippen molar-refractivity contribution in [2.75, 3.05) is 0 Å². The molecule has 0 saturated heterocycles. The molecule has 2 aromatic rings. The minimum atomic E-state index is 0.540. The fourth-order valence-corrected chi connectivity index (χ4v) is 1.32. The molecule has 66 valence electrons. The van der Waals surface area contributed by atoms with E-state index in [9.17, 15) is 0 Å². The number of aryl methyl sites for hydroxylation is 1. The van der Waals surface area contributed by atoms with Crippen molar-refractivity contribution >= 4 is 11.6 Å². The summed E-state index contributed by atoms with van der Waals surface area (Å²) >= 11 is 5.91. The van der Waals surface area contributed by atoms with Crippen molar-refractivity contribution in [2.24, 2.45) is 0 Å². The molecule has 0 aliphatic carbocycles. The van der Waals surface area contributed by atoms with Gasteiger partial charge in [-0.1, -0.05) is 11.6 Å². The lowest BCUT2D eigenvalue weighted by Gasteiger charge is -1.98. The zero-order chi connectivity index (χ0) is 9.26. The molecule has 2 aromatic heterocycles. The predicted octanol–water partition coefficient (Wildman–Crippen LogP) is 1.62. The van der Waals surface area contributed by atoms with Gasteiger partial charge < -0.3 is 0 Å².